The Morgan fingerprint density at radius 2 is 1.95 bits per heavy atom. The highest BCUT2D eigenvalue weighted by atomic mass is 16.3. The third-order valence-corrected chi connectivity index (χ3v) is 3.74. The lowest BCUT2D eigenvalue weighted by Gasteiger charge is -2.32. The summed E-state index contributed by atoms with van der Waals surface area (Å²) >= 11 is 0. The number of aromatic hydroxyl groups is 1. The van der Waals surface area contributed by atoms with Gasteiger partial charge in [0.2, 0.25) is 0 Å². The van der Waals surface area contributed by atoms with Gasteiger partial charge in [0.1, 0.15) is 5.75 Å². The van der Waals surface area contributed by atoms with Crippen LogP contribution in [0.4, 0.5) is 11.4 Å². The topological polar surface area (TPSA) is 106 Å². The number of benzene rings is 1. The highest BCUT2D eigenvalue weighted by Gasteiger charge is 2.40. The Bertz CT molecular complexity index is 618. The number of amidine groups is 1. The Labute approximate surface area is 122 Å². The first-order valence-corrected chi connectivity index (χ1v) is 6.85. The van der Waals surface area contributed by atoms with Gasteiger partial charge in [0.15, 0.2) is 11.5 Å². The van der Waals surface area contributed by atoms with Crippen molar-refractivity contribution in [2.24, 2.45) is 4.99 Å². The van der Waals surface area contributed by atoms with Gasteiger partial charge < -0.3 is 10.8 Å². The second kappa shape index (κ2) is 4.76. The summed E-state index contributed by atoms with van der Waals surface area (Å²) < 4.78 is 0. The molecule has 21 heavy (non-hydrogen) atoms. The van der Waals surface area contributed by atoms with Gasteiger partial charge in [-0.3, -0.25) is 15.2 Å². The van der Waals surface area contributed by atoms with Crippen LogP contribution in [0.1, 0.15) is 18.4 Å². The van der Waals surface area contributed by atoms with Gasteiger partial charge in [-0.2, -0.15) is 0 Å². The zero-order chi connectivity index (χ0) is 15.1. The number of amides is 1. The number of rotatable bonds is 1. The maximum Gasteiger partial charge on any atom is 0.294 e. The van der Waals surface area contributed by atoms with E-state index in [9.17, 15) is 9.90 Å². The van der Waals surface area contributed by atoms with E-state index in [0.29, 0.717) is 30.0 Å². The van der Waals surface area contributed by atoms with Gasteiger partial charge in [0, 0.05) is 19.2 Å². The van der Waals surface area contributed by atoms with Crippen LogP contribution in [0.25, 0.3) is 0 Å². The molecule has 0 unspecified atom stereocenters. The Morgan fingerprint density at radius 1 is 1.29 bits per heavy atom. The van der Waals surface area contributed by atoms with Gasteiger partial charge in [-0.05, 0) is 31.4 Å². The number of phenols is 1. The Kier molecular flexibility index (Phi) is 3.04. The maximum absolute atomic E-state index is 12.4. The van der Waals surface area contributed by atoms with Gasteiger partial charge in [0.05, 0.1) is 11.4 Å². The molecule has 1 aromatic carbocycles. The highest BCUT2D eigenvalue weighted by molar-refractivity contribution is 6.68. The van der Waals surface area contributed by atoms with Crippen molar-refractivity contribution in [1.29, 1.82) is 5.41 Å². The molecule has 2 heterocycles. The predicted octanol–water partition coefficient (Wildman–Crippen LogP) is 1.19. The fraction of sp³-hybridized carbons (Fsp3) is 0.357. The second-order valence-corrected chi connectivity index (χ2v) is 5.27. The van der Waals surface area contributed by atoms with E-state index in [1.54, 1.807) is 16.9 Å². The van der Waals surface area contributed by atoms with E-state index >= 15 is 0 Å². The summed E-state index contributed by atoms with van der Waals surface area (Å²) in [6, 6.07) is 2.93. The molecule has 0 spiro atoms. The fourth-order valence-electron chi connectivity index (χ4n) is 2.71. The van der Waals surface area contributed by atoms with Gasteiger partial charge in [-0.15, -0.1) is 0 Å². The van der Waals surface area contributed by atoms with E-state index in [-0.39, 0.29) is 23.2 Å². The van der Waals surface area contributed by atoms with Crippen LogP contribution in [0.2, 0.25) is 0 Å². The molecular weight excluding hydrogens is 270 g/mol. The molecule has 0 atom stereocenters. The zero-order valence-electron chi connectivity index (χ0n) is 11.8. The highest BCUT2D eigenvalue weighted by Crippen LogP contribution is 2.32. The van der Waals surface area contributed by atoms with Gasteiger partial charge in [0.25, 0.3) is 5.91 Å². The molecule has 7 heteroatoms. The minimum absolute atomic E-state index is 0.0583. The molecule has 2 aliphatic heterocycles. The lowest BCUT2D eigenvalue weighted by Crippen LogP contribution is -2.45. The standard InChI is InChI=1S/C14H17N5O2/c1-8-6-9(20)7-10(15)11(8)17-12-13(16)18-4-2-3-5-19(18)14(12)21/h6-7,16,20H,2-5,15H2,1H3. The summed E-state index contributed by atoms with van der Waals surface area (Å²) in [6.07, 6.45) is 1.89. The minimum atomic E-state index is -0.258. The van der Waals surface area contributed by atoms with Gasteiger partial charge in [-0.25, -0.2) is 10.0 Å². The summed E-state index contributed by atoms with van der Waals surface area (Å²) in [4.78, 5) is 16.7. The van der Waals surface area contributed by atoms with Crippen LogP contribution in [0.3, 0.4) is 0 Å². The molecule has 0 aliphatic carbocycles. The van der Waals surface area contributed by atoms with Crippen molar-refractivity contribution in [3.8, 4) is 5.75 Å². The minimum Gasteiger partial charge on any atom is -0.508 e. The van der Waals surface area contributed by atoms with E-state index in [1.807, 2.05) is 0 Å². The molecule has 0 saturated carbocycles. The molecule has 2 aliphatic rings. The first-order chi connectivity index (χ1) is 9.99. The van der Waals surface area contributed by atoms with E-state index < -0.39 is 0 Å². The van der Waals surface area contributed by atoms with E-state index in [2.05, 4.69) is 4.99 Å². The smallest absolute Gasteiger partial charge is 0.294 e. The molecule has 4 N–H and O–H groups in total. The zero-order valence-corrected chi connectivity index (χ0v) is 11.8. The molecule has 2 saturated heterocycles. The molecular formula is C14H17N5O2. The molecule has 1 amide bonds. The molecule has 0 radical (unpaired) electrons. The molecule has 3 rings (SSSR count). The number of fused-ring (bicyclic) bond motifs is 1. The average Bonchev–Trinajstić information content (AvgIpc) is 2.67. The van der Waals surface area contributed by atoms with Crippen LogP contribution >= 0.6 is 0 Å². The quantitative estimate of drug-likeness (QED) is 0.674. The number of aliphatic imine (C=N–C) groups is 1. The van der Waals surface area contributed by atoms with E-state index in [0.717, 1.165) is 12.8 Å². The van der Waals surface area contributed by atoms with Crippen LogP contribution in [0.15, 0.2) is 17.1 Å². The average molecular weight is 287 g/mol. The number of hydrazine groups is 1. The van der Waals surface area contributed by atoms with Crippen molar-refractivity contribution in [1.82, 2.24) is 10.0 Å². The summed E-state index contributed by atoms with van der Waals surface area (Å²) in [5, 5.41) is 20.9. The van der Waals surface area contributed by atoms with Crippen molar-refractivity contribution in [2.45, 2.75) is 19.8 Å². The number of aryl methyl sites for hydroxylation is 1. The number of nitrogens with one attached hydrogen (secondary N) is 1. The largest absolute Gasteiger partial charge is 0.508 e. The van der Waals surface area contributed by atoms with Crippen LogP contribution in [-0.4, -0.2) is 45.7 Å². The number of carbonyl (C=O) groups excluding carboxylic acids is 1. The summed E-state index contributed by atoms with van der Waals surface area (Å²) in [5.74, 6) is -0.0823. The van der Waals surface area contributed by atoms with Crippen molar-refractivity contribution < 1.29 is 9.90 Å². The maximum atomic E-state index is 12.4. The summed E-state index contributed by atoms with van der Waals surface area (Å²) in [7, 11) is 0. The van der Waals surface area contributed by atoms with Crippen molar-refractivity contribution >= 4 is 28.8 Å². The van der Waals surface area contributed by atoms with Gasteiger partial charge in [-0.1, -0.05) is 0 Å². The lowest BCUT2D eigenvalue weighted by molar-refractivity contribution is -0.134. The molecule has 0 bridgehead atoms. The number of carbonyl (C=O) groups is 1. The molecule has 110 valence electrons. The normalized spacial score (nSPS) is 20.3. The number of nitrogens with zero attached hydrogens (tertiary/aromatic N) is 3. The first-order valence-electron chi connectivity index (χ1n) is 6.85. The van der Waals surface area contributed by atoms with E-state index in [4.69, 9.17) is 11.1 Å². The number of nitrogen functional groups attached to an aromatic ring is 1. The van der Waals surface area contributed by atoms with Gasteiger partial charge >= 0.3 is 0 Å². The SMILES string of the molecule is Cc1cc(O)cc(N)c1N=C1C(=N)N2CCCCN2C1=O. The summed E-state index contributed by atoms with van der Waals surface area (Å²) in [5.41, 5.74) is 7.36. The number of anilines is 1. The third-order valence-electron chi connectivity index (χ3n) is 3.74. The summed E-state index contributed by atoms with van der Waals surface area (Å²) in [6.45, 7) is 3.03. The van der Waals surface area contributed by atoms with Crippen molar-refractivity contribution in [3.05, 3.63) is 17.7 Å². The molecule has 7 nitrogen and oxygen atoms in total. The first kappa shape index (κ1) is 13.4. The van der Waals surface area contributed by atoms with Crippen LogP contribution in [0, 0.1) is 12.3 Å². The number of phenolic OH excluding ortho intramolecular Hbond substituents is 1. The second-order valence-electron chi connectivity index (χ2n) is 5.27. The number of hydrogen-bond donors (Lipinski definition) is 3. The van der Waals surface area contributed by atoms with Crippen molar-refractivity contribution in [3.63, 3.8) is 0 Å². The Morgan fingerprint density at radius 3 is 2.57 bits per heavy atom. The van der Waals surface area contributed by atoms with Crippen LogP contribution in [-0.2, 0) is 4.79 Å². The molecule has 0 aromatic heterocycles. The number of nitrogens with two attached hydrogens (primary N) is 1. The lowest BCUT2D eigenvalue weighted by atomic mass is 10.1. The molecule has 1 aromatic rings. The van der Waals surface area contributed by atoms with Crippen LogP contribution in [0.5, 0.6) is 5.75 Å². The number of hydrogen-bond acceptors (Lipinski definition) is 5. The Hall–Kier alpha value is -2.57. The predicted molar refractivity (Wildman–Crippen MR) is 79.7 cm³/mol. The molecule has 2 fully saturated rings. The van der Waals surface area contributed by atoms with Crippen LogP contribution < -0.4 is 5.73 Å². The fourth-order valence-corrected chi connectivity index (χ4v) is 2.71. The Balaban J connectivity index is 2.04. The third kappa shape index (κ3) is 2.10. The van der Waals surface area contributed by atoms with E-state index in [1.165, 1.54) is 12.1 Å². The monoisotopic (exact) mass is 287 g/mol. The van der Waals surface area contributed by atoms with Crippen molar-refractivity contribution in [2.75, 3.05) is 18.8 Å².